The molecule has 170 valence electrons. The molecule has 0 radical (unpaired) electrons. The van der Waals surface area contributed by atoms with Gasteiger partial charge in [0.2, 0.25) is 0 Å². The third kappa shape index (κ3) is 3.93. The molecule has 2 saturated heterocycles. The lowest BCUT2D eigenvalue weighted by molar-refractivity contribution is -0.313. The van der Waals surface area contributed by atoms with Crippen molar-refractivity contribution in [1.82, 2.24) is 9.55 Å². The predicted molar refractivity (Wildman–Crippen MR) is 114 cm³/mol. The van der Waals surface area contributed by atoms with Gasteiger partial charge in [0.15, 0.2) is 6.29 Å². The van der Waals surface area contributed by atoms with E-state index < -0.39 is 41.9 Å². The Morgan fingerprint density at radius 1 is 1.12 bits per heavy atom. The van der Waals surface area contributed by atoms with Crippen molar-refractivity contribution in [3.63, 3.8) is 0 Å². The molecule has 9 heteroatoms. The largest absolute Gasteiger partial charge is 0.497 e. The lowest BCUT2D eigenvalue weighted by Crippen LogP contribution is -2.62. The van der Waals surface area contributed by atoms with Gasteiger partial charge in [-0.15, -0.1) is 0 Å². The average Bonchev–Trinajstić information content (AvgIpc) is 2.95. The molecule has 2 aromatic rings. The number of aryl methyl sites for hydroxylation is 1. The molecule has 4 unspecified atom stereocenters. The van der Waals surface area contributed by atoms with Gasteiger partial charge in [0.25, 0.3) is 5.56 Å². The Morgan fingerprint density at radius 2 is 1.94 bits per heavy atom. The van der Waals surface area contributed by atoms with Crippen molar-refractivity contribution in [2.75, 3.05) is 20.3 Å². The van der Waals surface area contributed by atoms with Crippen LogP contribution in [0.3, 0.4) is 0 Å². The van der Waals surface area contributed by atoms with Crippen molar-refractivity contribution in [3.8, 4) is 5.75 Å². The predicted octanol–water partition coefficient (Wildman–Crippen LogP) is 1.10. The molecule has 9 nitrogen and oxygen atoms in total. The van der Waals surface area contributed by atoms with Gasteiger partial charge in [-0.05, 0) is 24.6 Å². The quantitative estimate of drug-likeness (QED) is 0.708. The minimum absolute atomic E-state index is 0.323. The first-order valence-corrected chi connectivity index (χ1v) is 10.7. The van der Waals surface area contributed by atoms with Gasteiger partial charge >= 0.3 is 5.69 Å². The van der Waals surface area contributed by atoms with E-state index in [9.17, 15) is 9.59 Å². The molecule has 3 aliphatic rings. The Bertz CT molecular complexity index is 1110. The van der Waals surface area contributed by atoms with Crippen LogP contribution in [0.5, 0.6) is 5.75 Å². The summed E-state index contributed by atoms with van der Waals surface area (Å²) in [6.07, 6.45) is 3.83. The number of benzene rings is 1. The average molecular weight is 442 g/mol. The van der Waals surface area contributed by atoms with Gasteiger partial charge in [-0.2, -0.15) is 0 Å². The highest BCUT2D eigenvalue weighted by Gasteiger charge is 2.51. The van der Waals surface area contributed by atoms with Gasteiger partial charge in [-0.1, -0.05) is 24.3 Å². The second-order valence-corrected chi connectivity index (χ2v) is 8.25. The number of aromatic nitrogens is 2. The number of H-pyrrole nitrogens is 1. The third-order valence-electron chi connectivity index (χ3n) is 6.19. The minimum Gasteiger partial charge on any atom is -0.497 e. The maximum atomic E-state index is 12.6. The number of nitrogens with zero attached hydrogens (tertiary/aromatic N) is 1. The smallest absolute Gasteiger partial charge is 0.328 e. The van der Waals surface area contributed by atoms with E-state index in [1.54, 1.807) is 20.2 Å². The molecule has 6 atom stereocenters. The highest BCUT2D eigenvalue weighted by Crippen LogP contribution is 2.38. The van der Waals surface area contributed by atoms with Gasteiger partial charge in [0, 0.05) is 18.2 Å². The number of rotatable bonds is 4. The first kappa shape index (κ1) is 21.1. The summed E-state index contributed by atoms with van der Waals surface area (Å²) in [5, 5.41) is 0. The maximum absolute atomic E-state index is 12.6. The van der Waals surface area contributed by atoms with Crippen LogP contribution >= 0.6 is 0 Å². The summed E-state index contributed by atoms with van der Waals surface area (Å²) in [4.78, 5) is 26.9. The van der Waals surface area contributed by atoms with Crippen LogP contribution in [0.2, 0.25) is 0 Å². The summed E-state index contributed by atoms with van der Waals surface area (Å²) in [5.41, 5.74) is 0.597. The first-order chi connectivity index (χ1) is 15.5. The fraction of sp³-hybridized carbons (Fsp3) is 0.478. The number of ether oxygens (including phenoxy) is 5. The van der Waals surface area contributed by atoms with Gasteiger partial charge in [-0.3, -0.25) is 14.3 Å². The van der Waals surface area contributed by atoms with Gasteiger partial charge in [-0.25, -0.2) is 4.79 Å². The van der Waals surface area contributed by atoms with Crippen LogP contribution < -0.4 is 16.0 Å². The fourth-order valence-electron chi connectivity index (χ4n) is 4.56. The Kier molecular flexibility index (Phi) is 5.73. The zero-order valence-electron chi connectivity index (χ0n) is 17.9. The topological polar surface area (TPSA) is 101 Å². The monoisotopic (exact) mass is 442 g/mol. The normalized spacial score (nSPS) is 31.6. The molecular weight excluding hydrogens is 416 g/mol. The first-order valence-electron chi connectivity index (χ1n) is 10.7. The van der Waals surface area contributed by atoms with Crippen molar-refractivity contribution in [2.24, 2.45) is 0 Å². The summed E-state index contributed by atoms with van der Waals surface area (Å²) >= 11 is 0. The second kappa shape index (κ2) is 8.67. The van der Waals surface area contributed by atoms with E-state index in [0.29, 0.717) is 25.2 Å². The van der Waals surface area contributed by atoms with Crippen LogP contribution in [-0.4, -0.2) is 60.6 Å². The number of hydrogen-bond donors (Lipinski definition) is 1. The van der Waals surface area contributed by atoms with E-state index in [1.807, 2.05) is 36.4 Å². The van der Waals surface area contributed by atoms with E-state index >= 15 is 0 Å². The number of nitrogens with one attached hydrogen (secondary N) is 1. The van der Waals surface area contributed by atoms with Gasteiger partial charge in [0.1, 0.15) is 24.1 Å². The Balaban J connectivity index is 1.41. The molecule has 0 aliphatic carbocycles. The van der Waals surface area contributed by atoms with E-state index in [1.165, 1.54) is 4.57 Å². The summed E-state index contributed by atoms with van der Waals surface area (Å²) < 4.78 is 31.4. The SMILES string of the molecule is COc1ccc(CC2OCC3O[C@@H]4C=CCOC(C4n4cc(C)c(=O)[nH]c4=O)[C@@H]3O2)cc1. The summed E-state index contributed by atoms with van der Waals surface area (Å²) in [6, 6.07) is 7.27. The van der Waals surface area contributed by atoms with Crippen molar-refractivity contribution in [1.29, 1.82) is 0 Å². The zero-order chi connectivity index (χ0) is 22.2. The summed E-state index contributed by atoms with van der Waals surface area (Å²) in [6.45, 7) is 2.41. The molecule has 4 heterocycles. The lowest BCUT2D eigenvalue weighted by atomic mass is 9.91. The molecule has 32 heavy (non-hydrogen) atoms. The molecule has 1 aromatic carbocycles. The molecule has 2 bridgehead atoms. The van der Waals surface area contributed by atoms with Crippen LogP contribution in [-0.2, 0) is 25.4 Å². The Morgan fingerprint density at radius 3 is 2.72 bits per heavy atom. The second-order valence-electron chi connectivity index (χ2n) is 8.25. The highest BCUT2D eigenvalue weighted by molar-refractivity contribution is 5.27. The molecule has 1 N–H and O–H groups in total. The van der Waals surface area contributed by atoms with Crippen LogP contribution in [0.25, 0.3) is 0 Å². The van der Waals surface area contributed by atoms with Crippen LogP contribution in [0.4, 0.5) is 0 Å². The standard InChI is InChI=1S/C23H26N2O7/c1-13-11-25(23(27)24-22(13)26)19-16-4-3-9-29-21(19)20-17(31-16)12-30-18(32-20)10-14-5-7-15(28-2)8-6-14/h3-8,11,16-21H,9-10,12H2,1-2H3,(H,24,26,27)/t16-,17?,18?,19?,20-,21?/m1/s1. The van der Waals surface area contributed by atoms with Crippen molar-refractivity contribution in [2.45, 2.75) is 50.1 Å². The fourth-order valence-corrected chi connectivity index (χ4v) is 4.56. The molecule has 0 amide bonds. The molecule has 3 aliphatic heterocycles. The van der Waals surface area contributed by atoms with E-state index in [0.717, 1.165) is 11.3 Å². The number of fused-ring (bicyclic) bond motifs is 4. The zero-order valence-corrected chi connectivity index (χ0v) is 17.9. The van der Waals surface area contributed by atoms with Crippen LogP contribution in [0.1, 0.15) is 17.2 Å². The molecular formula is C23H26N2O7. The van der Waals surface area contributed by atoms with Gasteiger partial charge < -0.3 is 23.7 Å². The maximum Gasteiger partial charge on any atom is 0.328 e. The summed E-state index contributed by atoms with van der Waals surface area (Å²) in [7, 11) is 1.63. The van der Waals surface area contributed by atoms with Gasteiger partial charge in [0.05, 0.1) is 32.5 Å². The number of aromatic amines is 1. The van der Waals surface area contributed by atoms with E-state index in [4.69, 9.17) is 23.7 Å². The van der Waals surface area contributed by atoms with Crippen LogP contribution in [0, 0.1) is 6.92 Å². The Hall–Kier alpha value is -2.72. The van der Waals surface area contributed by atoms with Crippen molar-refractivity contribution in [3.05, 3.63) is 74.6 Å². The molecule has 0 saturated carbocycles. The lowest BCUT2D eigenvalue weighted by Gasteiger charge is -2.48. The minimum atomic E-state index is -0.497. The summed E-state index contributed by atoms with van der Waals surface area (Å²) in [5.74, 6) is 0.787. The molecule has 1 aromatic heterocycles. The molecule has 5 rings (SSSR count). The van der Waals surface area contributed by atoms with Crippen LogP contribution in [0.15, 0.2) is 52.2 Å². The number of methoxy groups -OCH3 is 1. The molecule has 2 fully saturated rings. The molecule has 0 spiro atoms. The highest BCUT2D eigenvalue weighted by atomic mass is 16.7. The Labute approximate surface area is 184 Å². The van der Waals surface area contributed by atoms with Crippen molar-refractivity contribution >= 4 is 0 Å². The number of hydrogen-bond acceptors (Lipinski definition) is 7. The van der Waals surface area contributed by atoms with E-state index in [-0.39, 0.29) is 6.10 Å². The third-order valence-corrected chi connectivity index (χ3v) is 6.19. The van der Waals surface area contributed by atoms with E-state index in [2.05, 4.69) is 4.98 Å². The van der Waals surface area contributed by atoms with Crippen molar-refractivity contribution < 1.29 is 23.7 Å².